The van der Waals surface area contributed by atoms with Gasteiger partial charge in [-0.25, -0.2) is 0 Å². The summed E-state index contributed by atoms with van der Waals surface area (Å²) in [5.74, 6) is 0. The monoisotopic (exact) mass is 322 g/mol. The molecule has 0 fully saturated rings. The van der Waals surface area contributed by atoms with E-state index in [1.165, 1.54) is 20.3 Å². The van der Waals surface area contributed by atoms with E-state index in [0.717, 1.165) is 0 Å². The van der Waals surface area contributed by atoms with Crippen molar-refractivity contribution in [3.63, 3.8) is 0 Å². The summed E-state index contributed by atoms with van der Waals surface area (Å²) in [7, 11) is 0. The van der Waals surface area contributed by atoms with Crippen LogP contribution in [0.2, 0.25) is 0 Å². The molecule has 0 atom stereocenters. The summed E-state index contributed by atoms with van der Waals surface area (Å²) in [6.07, 6.45) is 0. The third-order valence-corrected chi connectivity index (χ3v) is 4.42. The number of rotatable bonds is 2. The highest BCUT2D eigenvalue weighted by Crippen LogP contribution is 2.23. The van der Waals surface area contributed by atoms with Crippen LogP contribution in [-0.2, 0) is 0 Å². The molecule has 0 spiro atoms. The Morgan fingerprint density at radius 2 is 1.62 bits per heavy atom. The first kappa shape index (κ1) is 11.5. The lowest BCUT2D eigenvalue weighted by Gasteiger charge is -2.03. The fourth-order valence-corrected chi connectivity index (χ4v) is 3.34. The van der Waals surface area contributed by atoms with Gasteiger partial charge in [0, 0.05) is 3.57 Å². The van der Waals surface area contributed by atoms with Crippen molar-refractivity contribution in [1.29, 1.82) is 0 Å². The summed E-state index contributed by atoms with van der Waals surface area (Å²) in [4.78, 5) is 0. The van der Waals surface area contributed by atoms with Crippen LogP contribution in [0.15, 0.2) is 48.5 Å². The van der Waals surface area contributed by atoms with Gasteiger partial charge in [0.15, 0.2) is 0 Å². The Hall–Kier alpha value is -0.960. The van der Waals surface area contributed by atoms with Crippen LogP contribution in [0.4, 0.5) is 0 Å². The summed E-state index contributed by atoms with van der Waals surface area (Å²) in [5, 5.41) is 0. The minimum atomic E-state index is 0.0883. The van der Waals surface area contributed by atoms with Gasteiger partial charge in [-0.2, -0.15) is 0 Å². The van der Waals surface area contributed by atoms with Gasteiger partial charge in [-0.1, -0.05) is 66.7 Å². The molecule has 16 heavy (non-hydrogen) atoms. The quantitative estimate of drug-likeness (QED) is 0.708. The second-order valence-corrected chi connectivity index (χ2v) is 6.82. The van der Waals surface area contributed by atoms with Crippen LogP contribution < -0.4 is 0 Å². The molecule has 0 bridgehead atoms. The van der Waals surface area contributed by atoms with Crippen LogP contribution in [0, 0.1) is 10.5 Å². The van der Waals surface area contributed by atoms with Crippen LogP contribution >= 0.6 is 20.7 Å². The lowest BCUT2D eigenvalue weighted by molar-refractivity contribution is 1.46. The number of hydrogen-bond donors (Lipinski definition) is 0. The molecule has 0 nitrogen and oxygen atoms in total. The molecule has 1 heteroatoms. The van der Waals surface area contributed by atoms with Gasteiger partial charge in [0.1, 0.15) is 0 Å². The zero-order valence-electron chi connectivity index (χ0n) is 9.57. The first-order valence-electron chi connectivity index (χ1n) is 5.38. The van der Waals surface area contributed by atoms with Crippen molar-refractivity contribution >= 4 is 24.7 Å². The largest absolute Gasteiger partial charge is 0.0904 e. The maximum Gasteiger partial charge on any atom is 0.00801 e. The van der Waals surface area contributed by atoms with Gasteiger partial charge in [-0.05, 0) is 37.1 Å². The topological polar surface area (TPSA) is 0 Å². The third kappa shape index (κ3) is 2.79. The van der Waals surface area contributed by atoms with Gasteiger partial charge in [-0.3, -0.25) is 0 Å². The summed E-state index contributed by atoms with van der Waals surface area (Å²) in [6.45, 7) is 4.28. The van der Waals surface area contributed by atoms with Crippen molar-refractivity contribution in [3.8, 4) is 11.1 Å². The lowest BCUT2D eigenvalue weighted by Crippen LogP contribution is -1.80. The lowest BCUT2D eigenvalue weighted by atomic mass is 10.0. The minimum Gasteiger partial charge on any atom is -0.0904 e. The molecule has 0 aliphatic carbocycles. The number of benzene rings is 2. The van der Waals surface area contributed by atoms with Gasteiger partial charge in [0.05, 0.1) is 0 Å². The normalized spacial score (nSPS) is 11.4. The molecule has 0 N–H and O–H groups in total. The van der Waals surface area contributed by atoms with Crippen molar-refractivity contribution in [3.05, 3.63) is 57.7 Å². The van der Waals surface area contributed by atoms with E-state index in [0.29, 0.717) is 0 Å². The van der Waals surface area contributed by atoms with Gasteiger partial charge in [0.2, 0.25) is 0 Å². The number of aryl methyl sites for hydroxylation is 1. The van der Waals surface area contributed by atoms with E-state index in [9.17, 15) is 0 Å². The molecule has 2 rings (SSSR count). The van der Waals surface area contributed by atoms with E-state index in [1.54, 1.807) is 0 Å². The molecule has 2 aromatic carbocycles. The summed E-state index contributed by atoms with van der Waals surface area (Å²) in [6, 6.07) is 17.6. The Morgan fingerprint density at radius 3 is 2.31 bits per heavy atom. The molecule has 0 aliphatic rings. The molecule has 0 aliphatic heterocycles. The highest BCUT2D eigenvalue weighted by molar-refractivity contribution is 14.2. The fraction of sp³-hybridized carbons (Fsp3) is 0.133. The summed E-state index contributed by atoms with van der Waals surface area (Å²) < 4.78 is 3.79. The molecule has 0 saturated carbocycles. The van der Waals surface area contributed by atoms with Crippen LogP contribution in [0.25, 0.3) is 11.1 Å². The van der Waals surface area contributed by atoms with E-state index in [4.69, 9.17) is 0 Å². The van der Waals surface area contributed by atoms with Crippen LogP contribution in [0.1, 0.15) is 12.5 Å². The summed E-state index contributed by atoms with van der Waals surface area (Å²) >= 11 is 0.0883. The Morgan fingerprint density at radius 1 is 0.938 bits per heavy atom. The minimum absolute atomic E-state index is 0.0883. The predicted molar refractivity (Wildman–Crippen MR) is 81.1 cm³/mol. The molecular weight excluding hydrogens is 307 g/mol. The van der Waals surface area contributed by atoms with Gasteiger partial charge in [0.25, 0.3) is 0 Å². The molecule has 0 amide bonds. The zero-order valence-corrected chi connectivity index (χ0v) is 11.7. The van der Waals surface area contributed by atoms with E-state index in [-0.39, 0.29) is 20.7 Å². The standard InChI is InChI=1S/C15H15I/c1-3-16-15-9-5-8-14(11-15)13-7-4-6-12(2)10-13/h3-11H,1-2H3. The maximum absolute atomic E-state index is 2.32. The fourth-order valence-electron chi connectivity index (χ4n) is 1.69. The van der Waals surface area contributed by atoms with Gasteiger partial charge in [-0.15, -0.1) is 0 Å². The van der Waals surface area contributed by atoms with Gasteiger partial charge < -0.3 is 0 Å². The first-order valence-corrected chi connectivity index (χ1v) is 7.70. The highest BCUT2D eigenvalue weighted by Gasteiger charge is 1.98. The van der Waals surface area contributed by atoms with Crippen molar-refractivity contribution in [1.82, 2.24) is 0 Å². The average Bonchev–Trinajstić information content (AvgIpc) is 2.30. The molecule has 82 valence electrons. The SMILES string of the molecule is CC=Ic1cccc(-c2cccc(C)c2)c1. The van der Waals surface area contributed by atoms with Crippen LogP contribution in [-0.4, -0.2) is 4.01 Å². The smallest absolute Gasteiger partial charge is 0.00801 e. The van der Waals surface area contributed by atoms with Crippen molar-refractivity contribution < 1.29 is 0 Å². The van der Waals surface area contributed by atoms with Crippen molar-refractivity contribution in [2.45, 2.75) is 13.8 Å². The van der Waals surface area contributed by atoms with Crippen molar-refractivity contribution in [2.24, 2.45) is 0 Å². The van der Waals surface area contributed by atoms with E-state index in [1.807, 2.05) is 0 Å². The second kappa shape index (κ2) is 5.39. The van der Waals surface area contributed by atoms with E-state index in [2.05, 4.69) is 66.4 Å². The zero-order chi connectivity index (χ0) is 11.4. The molecule has 2 aromatic rings. The average molecular weight is 322 g/mol. The molecule has 0 unspecified atom stereocenters. The van der Waals surface area contributed by atoms with Gasteiger partial charge >= 0.3 is 0 Å². The number of hydrogen-bond acceptors (Lipinski definition) is 0. The van der Waals surface area contributed by atoms with Crippen molar-refractivity contribution in [2.75, 3.05) is 0 Å². The Kier molecular flexibility index (Phi) is 3.88. The molecular formula is C15H15I. The van der Waals surface area contributed by atoms with E-state index >= 15 is 0 Å². The number of halogens is 1. The highest BCUT2D eigenvalue weighted by atomic mass is 127. The van der Waals surface area contributed by atoms with E-state index < -0.39 is 0 Å². The third-order valence-electron chi connectivity index (χ3n) is 2.41. The Bertz CT molecular complexity index is 512. The molecule has 0 aromatic heterocycles. The Balaban J connectivity index is 2.44. The molecule has 0 radical (unpaired) electrons. The predicted octanol–water partition coefficient (Wildman–Crippen LogP) is 4.62. The first-order chi connectivity index (χ1) is 7.79. The Labute approximate surface area is 107 Å². The molecule has 0 saturated heterocycles. The summed E-state index contributed by atoms with van der Waals surface area (Å²) in [5.41, 5.74) is 3.98. The van der Waals surface area contributed by atoms with Crippen LogP contribution in [0.5, 0.6) is 0 Å². The van der Waals surface area contributed by atoms with Crippen LogP contribution in [0.3, 0.4) is 0 Å². The second-order valence-electron chi connectivity index (χ2n) is 3.71. The molecule has 0 heterocycles. The maximum atomic E-state index is 2.32.